The number of aromatic nitrogens is 2. The van der Waals surface area contributed by atoms with E-state index in [0.29, 0.717) is 11.5 Å². The molecule has 0 aliphatic rings. The molecule has 0 unspecified atom stereocenters. The Morgan fingerprint density at radius 3 is 2.75 bits per heavy atom. The number of hydrogen-bond donors (Lipinski definition) is 0. The van der Waals surface area contributed by atoms with Gasteiger partial charge in [-0.15, -0.1) is 0 Å². The van der Waals surface area contributed by atoms with Crippen molar-refractivity contribution < 1.29 is 9.47 Å². The number of methoxy groups -OCH3 is 1. The van der Waals surface area contributed by atoms with Crippen molar-refractivity contribution in [3.8, 4) is 17.2 Å². The molecular weight excluding hydrogens is 320 g/mol. The molecule has 5 heteroatoms. The van der Waals surface area contributed by atoms with E-state index in [0.717, 1.165) is 21.3 Å². The van der Waals surface area contributed by atoms with E-state index in [2.05, 4.69) is 25.9 Å². The molecule has 0 saturated carbocycles. The van der Waals surface area contributed by atoms with E-state index in [4.69, 9.17) is 9.47 Å². The first kappa shape index (κ1) is 12.9. The van der Waals surface area contributed by atoms with Crippen molar-refractivity contribution >= 4 is 27.0 Å². The monoisotopic (exact) mass is 330 g/mol. The molecule has 0 aliphatic carbocycles. The van der Waals surface area contributed by atoms with Crippen LogP contribution >= 0.6 is 15.9 Å². The maximum absolute atomic E-state index is 5.88. The van der Waals surface area contributed by atoms with Crippen LogP contribution in [-0.4, -0.2) is 17.1 Å². The predicted octanol–water partition coefficient (Wildman–Crippen LogP) is 4.19. The summed E-state index contributed by atoms with van der Waals surface area (Å²) in [6, 6.07) is 11.1. The topological polar surface area (TPSA) is 44.2 Å². The maximum atomic E-state index is 5.88. The minimum Gasteiger partial charge on any atom is -0.497 e. The molecule has 20 heavy (non-hydrogen) atoms. The highest BCUT2D eigenvalue weighted by molar-refractivity contribution is 9.10. The predicted molar refractivity (Wildman–Crippen MR) is 80.3 cm³/mol. The molecule has 100 valence electrons. The number of pyridine rings is 2. The molecule has 1 aromatic carbocycles. The van der Waals surface area contributed by atoms with Crippen LogP contribution < -0.4 is 9.47 Å². The van der Waals surface area contributed by atoms with Gasteiger partial charge in [0.1, 0.15) is 17.0 Å². The number of benzene rings is 1. The Kier molecular flexibility index (Phi) is 3.52. The average molecular weight is 331 g/mol. The number of halogens is 1. The van der Waals surface area contributed by atoms with Gasteiger partial charge in [-0.3, -0.25) is 4.98 Å². The van der Waals surface area contributed by atoms with Crippen molar-refractivity contribution in [2.45, 2.75) is 0 Å². The summed E-state index contributed by atoms with van der Waals surface area (Å²) >= 11 is 3.38. The van der Waals surface area contributed by atoms with E-state index in [1.54, 1.807) is 25.6 Å². The Labute approximate surface area is 124 Å². The van der Waals surface area contributed by atoms with E-state index in [-0.39, 0.29) is 0 Å². The highest BCUT2D eigenvalue weighted by atomic mass is 79.9. The van der Waals surface area contributed by atoms with Gasteiger partial charge in [0.15, 0.2) is 5.75 Å². The van der Waals surface area contributed by atoms with E-state index < -0.39 is 0 Å². The normalized spacial score (nSPS) is 10.5. The third-order valence-electron chi connectivity index (χ3n) is 2.78. The number of rotatable bonds is 3. The summed E-state index contributed by atoms with van der Waals surface area (Å²) in [5.41, 5.74) is 1.50. The van der Waals surface area contributed by atoms with Gasteiger partial charge in [-0.1, -0.05) is 6.07 Å². The molecule has 3 aromatic rings. The van der Waals surface area contributed by atoms with E-state index >= 15 is 0 Å². The lowest BCUT2D eigenvalue weighted by molar-refractivity contribution is 0.409. The molecule has 3 rings (SSSR count). The first-order valence-corrected chi connectivity index (χ1v) is 6.78. The third kappa shape index (κ3) is 2.58. The minimum atomic E-state index is 0.663. The molecule has 0 saturated heterocycles. The minimum absolute atomic E-state index is 0.663. The Hall–Kier alpha value is -2.14. The van der Waals surface area contributed by atoms with Crippen LogP contribution in [0.3, 0.4) is 0 Å². The van der Waals surface area contributed by atoms with Crippen LogP contribution in [0.15, 0.2) is 53.3 Å². The van der Waals surface area contributed by atoms with Gasteiger partial charge in [0.05, 0.1) is 12.6 Å². The number of hydrogen-bond acceptors (Lipinski definition) is 4. The zero-order chi connectivity index (χ0) is 13.9. The van der Waals surface area contributed by atoms with Crippen LogP contribution in [0.4, 0.5) is 0 Å². The van der Waals surface area contributed by atoms with Gasteiger partial charge in [-0.2, -0.15) is 0 Å². The zero-order valence-corrected chi connectivity index (χ0v) is 12.3. The summed E-state index contributed by atoms with van der Waals surface area (Å²) in [6.07, 6.45) is 3.43. The van der Waals surface area contributed by atoms with Crippen LogP contribution in [0.1, 0.15) is 0 Å². The van der Waals surface area contributed by atoms with E-state index in [1.807, 2.05) is 30.3 Å². The second kappa shape index (κ2) is 5.46. The molecule has 0 atom stereocenters. The Bertz CT molecular complexity index is 762. The van der Waals surface area contributed by atoms with Gasteiger partial charge in [-0.05, 0) is 34.1 Å². The van der Waals surface area contributed by atoms with Crippen molar-refractivity contribution in [1.29, 1.82) is 0 Å². The highest BCUT2D eigenvalue weighted by Crippen LogP contribution is 2.30. The summed E-state index contributed by atoms with van der Waals surface area (Å²) < 4.78 is 11.9. The van der Waals surface area contributed by atoms with E-state index in [9.17, 15) is 0 Å². The lowest BCUT2D eigenvalue weighted by atomic mass is 10.3. The molecule has 4 nitrogen and oxygen atoms in total. The molecular formula is C15H11BrN2O2. The lowest BCUT2D eigenvalue weighted by Gasteiger charge is -2.09. The molecule has 0 spiro atoms. The van der Waals surface area contributed by atoms with Crippen LogP contribution in [0, 0.1) is 0 Å². The summed E-state index contributed by atoms with van der Waals surface area (Å²) in [6.45, 7) is 0. The summed E-state index contributed by atoms with van der Waals surface area (Å²) in [7, 11) is 1.63. The molecule has 0 bridgehead atoms. The fraction of sp³-hybridized carbons (Fsp3) is 0.0667. The van der Waals surface area contributed by atoms with Gasteiger partial charge < -0.3 is 9.47 Å². The third-order valence-corrected chi connectivity index (χ3v) is 3.21. The molecule has 0 fully saturated rings. The van der Waals surface area contributed by atoms with Gasteiger partial charge in [0.2, 0.25) is 0 Å². The fourth-order valence-electron chi connectivity index (χ4n) is 1.86. The first-order chi connectivity index (χ1) is 9.76. The van der Waals surface area contributed by atoms with Crippen LogP contribution in [0.5, 0.6) is 17.2 Å². The number of fused-ring (bicyclic) bond motifs is 1. The van der Waals surface area contributed by atoms with Crippen molar-refractivity contribution in [3.63, 3.8) is 0 Å². The van der Waals surface area contributed by atoms with Gasteiger partial charge in [0.25, 0.3) is 0 Å². The van der Waals surface area contributed by atoms with Crippen LogP contribution in [0.2, 0.25) is 0 Å². The number of nitrogens with zero attached hydrogens (tertiary/aromatic N) is 2. The summed E-state index contributed by atoms with van der Waals surface area (Å²) in [5, 5.41) is 0. The van der Waals surface area contributed by atoms with Crippen molar-refractivity contribution in [2.75, 3.05) is 7.11 Å². The average Bonchev–Trinajstić information content (AvgIpc) is 2.47. The van der Waals surface area contributed by atoms with Crippen molar-refractivity contribution in [2.24, 2.45) is 0 Å². The maximum Gasteiger partial charge on any atom is 0.156 e. The van der Waals surface area contributed by atoms with Gasteiger partial charge >= 0.3 is 0 Å². The van der Waals surface area contributed by atoms with E-state index in [1.165, 1.54) is 0 Å². The molecule has 0 amide bonds. The van der Waals surface area contributed by atoms with Gasteiger partial charge in [-0.25, -0.2) is 4.98 Å². The molecule has 0 aliphatic heterocycles. The summed E-state index contributed by atoms with van der Waals surface area (Å²) in [4.78, 5) is 8.63. The Balaban J connectivity index is 2.02. The second-order valence-corrected chi connectivity index (χ2v) is 5.03. The lowest BCUT2D eigenvalue weighted by Crippen LogP contribution is -1.90. The Morgan fingerprint density at radius 1 is 1.05 bits per heavy atom. The second-order valence-electron chi connectivity index (χ2n) is 4.11. The SMILES string of the molecule is COc1cccc(Oc2ccnc3cc(Br)cnc23)c1. The molecule has 2 aromatic heterocycles. The standard InChI is InChI=1S/C15H11BrN2O2/c1-19-11-3-2-4-12(8-11)20-14-5-6-17-13-7-10(16)9-18-15(13)14/h2-9H,1H3. The Morgan fingerprint density at radius 2 is 1.90 bits per heavy atom. The smallest absolute Gasteiger partial charge is 0.156 e. The van der Waals surface area contributed by atoms with Crippen LogP contribution in [0.25, 0.3) is 11.0 Å². The molecule has 2 heterocycles. The van der Waals surface area contributed by atoms with Gasteiger partial charge in [0, 0.05) is 29.0 Å². The quantitative estimate of drug-likeness (QED) is 0.722. The first-order valence-electron chi connectivity index (χ1n) is 5.98. The largest absolute Gasteiger partial charge is 0.497 e. The van der Waals surface area contributed by atoms with Crippen molar-refractivity contribution in [1.82, 2.24) is 9.97 Å². The van der Waals surface area contributed by atoms with Crippen LogP contribution in [-0.2, 0) is 0 Å². The highest BCUT2D eigenvalue weighted by Gasteiger charge is 2.07. The van der Waals surface area contributed by atoms with Crippen molar-refractivity contribution in [3.05, 3.63) is 53.3 Å². The zero-order valence-electron chi connectivity index (χ0n) is 10.7. The molecule has 0 radical (unpaired) electrons. The fourth-order valence-corrected chi connectivity index (χ4v) is 2.17. The summed E-state index contributed by atoms with van der Waals surface area (Å²) in [5.74, 6) is 2.11. The molecule has 0 N–H and O–H groups in total. The number of ether oxygens (including phenoxy) is 2.